The molecule has 69 valence electrons. The molecule has 0 aliphatic carbocycles. The summed E-state index contributed by atoms with van der Waals surface area (Å²) in [5.74, 6) is 0. The predicted molar refractivity (Wildman–Crippen MR) is 46.3 cm³/mol. The zero-order valence-corrected chi connectivity index (χ0v) is 10.7. The molecule has 0 saturated heterocycles. The van der Waals surface area contributed by atoms with Crippen LogP contribution in [0.2, 0.25) is 0 Å². The second kappa shape index (κ2) is 4.74. The van der Waals surface area contributed by atoms with Gasteiger partial charge < -0.3 is 0 Å². The molecule has 0 saturated carbocycles. The van der Waals surface area contributed by atoms with E-state index in [-0.39, 0.29) is 27.3 Å². The van der Waals surface area contributed by atoms with E-state index in [1.54, 1.807) is 18.2 Å². The molecule has 0 amide bonds. The molecule has 0 heterocycles. The van der Waals surface area contributed by atoms with Crippen LogP contribution in [0.4, 0.5) is 0 Å². The molecule has 0 aliphatic heterocycles. The molecule has 0 fully saturated rings. The maximum Gasteiger partial charge on any atom is 0.294 e. The molecule has 3 nitrogen and oxygen atoms in total. The normalized spacial score (nSPS) is 10.2. The third-order valence-electron chi connectivity index (χ3n) is 1.41. The van der Waals surface area contributed by atoms with E-state index in [4.69, 9.17) is 4.55 Å². The molecule has 13 heavy (non-hydrogen) atoms. The number of rotatable bonds is 2. The van der Waals surface area contributed by atoms with Gasteiger partial charge in [-0.15, -0.1) is 0 Å². The Balaban J connectivity index is 0.00000144. The van der Waals surface area contributed by atoms with Gasteiger partial charge in [-0.2, -0.15) is 8.42 Å². The summed E-state index contributed by atoms with van der Waals surface area (Å²) in [4.78, 5) is -0.104. The summed E-state index contributed by atoms with van der Waals surface area (Å²) in [6.45, 7) is 3.51. The van der Waals surface area contributed by atoms with Crippen LogP contribution in [0.3, 0.4) is 0 Å². The van der Waals surface area contributed by atoms with E-state index >= 15 is 0 Å². The van der Waals surface area contributed by atoms with E-state index in [9.17, 15) is 8.42 Å². The SMILES string of the molecule is C=Cc1ccc(S(=O)(=O)O)cc1.[Ta]. The van der Waals surface area contributed by atoms with Crippen molar-refractivity contribution >= 4 is 16.2 Å². The molecule has 0 aromatic heterocycles. The van der Waals surface area contributed by atoms with Crippen molar-refractivity contribution in [3.63, 3.8) is 0 Å². The van der Waals surface area contributed by atoms with Gasteiger partial charge in [0.05, 0.1) is 4.90 Å². The van der Waals surface area contributed by atoms with E-state index in [0.717, 1.165) is 5.56 Å². The van der Waals surface area contributed by atoms with Crippen LogP contribution < -0.4 is 0 Å². The monoisotopic (exact) mass is 365 g/mol. The van der Waals surface area contributed by atoms with Crippen molar-refractivity contribution in [1.82, 2.24) is 0 Å². The molecule has 0 aliphatic rings. The van der Waals surface area contributed by atoms with Crippen LogP contribution in [0, 0.1) is 0 Å². The van der Waals surface area contributed by atoms with Gasteiger partial charge >= 0.3 is 0 Å². The van der Waals surface area contributed by atoms with Gasteiger partial charge in [0.25, 0.3) is 10.1 Å². The molecular weight excluding hydrogens is 357 g/mol. The molecule has 1 aromatic carbocycles. The van der Waals surface area contributed by atoms with Gasteiger partial charge in [0.1, 0.15) is 0 Å². The average molecular weight is 365 g/mol. The van der Waals surface area contributed by atoms with Crippen LogP contribution in [0.5, 0.6) is 0 Å². The molecular formula is C8H8O3STa. The Morgan fingerprint density at radius 1 is 1.23 bits per heavy atom. The summed E-state index contributed by atoms with van der Waals surface area (Å²) in [5.41, 5.74) is 0.808. The quantitative estimate of drug-likeness (QED) is 0.810. The Morgan fingerprint density at radius 3 is 2.00 bits per heavy atom. The summed E-state index contributed by atoms with van der Waals surface area (Å²) >= 11 is 0. The molecule has 0 bridgehead atoms. The van der Waals surface area contributed by atoms with Crippen LogP contribution in [0.25, 0.3) is 6.08 Å². The van der Waals surface area contributed by atoms with E-state index < -0.39 is 10.1 Å². The summed E-state index contributed by atoms with van der Waals surface area (Å²) in [6.07, 6.45) is 1.59. The van der Waals surface area contributed by atoms with Gasteiger partial charge in [-0.05, 0) is 17.7 Å². The van der Waals surface area contributed by atoms with Crippen LogP contribution in [-0.2, 0) is 32.5 Å². The minimum absolute atomic E-state index is 0. The van der Waals surface area contributed by atoms with Gasteiger partial charge in [0.2, 0.25) is 0 Å². The topological polar surface area (TPSA) is 54.4 Å². The van der Waals surface area contributed by atoms with E-state index in [0.29, 0.717) is 0 Å². The second-order valence-corrected chi connectivity index (χ2v) is 3.67. The average Bonchev–Trinajstić information content (AvgIpc) is 2.03. The molecule has 1 rings (SSSR count). The number of benzene rings is 1. The van der Waals surface area contributed by atoms with E-state index in [2.05, 4.69) is 6.58 Å². The molecule has 1 N–H and O–H groups in total. The first kappa shape index (κ1) is 12.6. The molecule has 5 heteroatoms. The van der Waals surface area contributed by atoms with Crippen molar-refractivity contribution in [2.45, 2.75) is 4.90 Å². The van der Waals surface area contributed by atoms with Crippen molar-refractivity contribution in [2.75, 3.05) is 0 Å². The number of hydrogen-bond acceptors (Lipinski definition) is 2. The fourth-order valence-corrected chi connectivity index (χ4v) is 1.26. The van der Waals surface area contributed by atoms with Crippen LogP contribution in [-0.4, -0.2) is 13.0 Å². The van der Waals surface area contributed by atoms with Gasteiger partial charge in [-0.25, -0.2) is 0 Å². The minimum Gasteiger partial charge on any atom is -0.282 e. The Morgan fingerprint density at radius 2 is 1.69 bits per heavy atom. The van der Waals surface area contributed by atoms with Crippen molar-refractivity contribution in [1.29, 1.82) is 0 Å². The van der Waals surface area contributed by atoms with Crippen molar-refractivity contribution in [2.24, 2.45) is 0 Å². The van der Waals surface area contributed by atoms with Gasteiger partial charge in [-0.1, -0.05) is 24.8 Å². The van der Waals surface area contributed by atoms with Crippen LogP contribution in [0.15, 0.2) is 35.7 Å². The van der Waals surface area contributed by atoms with Crippen LogP contribution in [0.1, 0.15) is 5.56 Å². The van der Waals surface area contributed by atoms with Crippen molar-refractivity contribution in [3.8, 4) is 0 Å². The van der Waals surface area contributed by atoms with Crippen LogP contribution >= 0.6 is 0 Å². The smallest absolute Gasteiger partial charge is 0.282 e. The first-order valence-corrected chi connectivity index (χ1v) is 4.68. The van der Waals surface area contributed by atoms with E-state index in [1.165, 1.54) is 12.1 Å². The van der Waals surface area contributed by atoms with Crippen molar-refractivity contribution < 1.29 is 35.4 Å². The first-order chi connectivity index (χ1) is 5.54. The zero-order valence-electron chi connectivity index (χ0n) is 6.71. The minimum atomic E-state index is -4.06. The maximum absolute atomic E-state index is 10.6. The van der Waals surface area contributed by atoms with E-state index in [1.807, 2.05) is 0 Å². The molecule has 1 radical (unpaired) electrons. The maximum atomic E-state index is 10.6. The summed E-state index contributed by atoms with van der Waals surface area (Å²) < 4.78 is 29.7. The summed E-state index contributed by atoms with van der Waals surface area (Å²) in [5, 5.41) is 0. The summed E-state index contributed by atoms with van der Waals surface area (Å²) in [6, 6.07) is 5.78. The van der Waals surface area contributed by atoms with Gasteiger partial charge in [-0.3, -0.25) is 4.55 Å². The Hall–Kier alpha value is -0.390. The summed E-state index contributed by atoms with van der Waals surface area (Å²) in [7, 11) is -4.06. The fourth-order valence-electron chi connectivity index (χ4n) is 0.776. The zero-order chi connectivity index (χ0) is 9.19. The molecule has 0 atom stereocenters. The predicted octanol–water partition coefficient (Wildman–Crippen LogP) is 1.57. The molecule has 0 spiro atoms. The van der Waals surface area contributed by atoms with Gasteiger partial charge in [0, 0.05) is 22.4 Å². The third kappa shape index (κ3) is 3.46. The first-order valence-electron chi connectivity index (χ1n) is 3.24. The largest absolute Gasteiger partial charge is 0.294 e. The Labute approximate surface area is 92.7 Å². The standard InChI is InChI=1S/C8H8O3S.Ta/c1-2-7-3-5-8(6-4-7)12(9,10)11;/h2-6H,1H2,(H,9,10,11);. The Bertz CT molecular complexity index is 380. The number of hydrogen-bond donors (Lipinski definition) is 1. The third-order valence-corrected chi connectivity index (χ3v) is 2.28. The molecule has 0 unspecified atom stereocenters. The fraction of sp³-hybridized carbons (Fsp3) is 0. The molecule has 1 aromatic rings. The van der Waals surface area contributed by atoms with Crippen molar-refractivity contribution in [3.05, 3.63) is 36.4 Å². The Kier molecular flexibility index (Phi) is 4.60. The van der Waals surface area contributed by atoms with Gasteiger partial charge in [0.15, 0.2) is 0 Å². The second-order valence-electron chi connectivity index (χ2n) is 2.25.